The van der Waals surface area contributed by atoms with E-state index in [0.717, 1.165) is 0 Å². The first-order valence-corrected chi connectivity index (χ1v) is 9.51. The van der Waals surface area contributed by atoms with Crippen molar-refractivity contribution in [2.75, 3.05) is 20.1 Å². The summed E-state index contributed by atoms with van der Waals surface area (Å²) in [5.74, 6) is -0.271. The summed E-state index contributed by atoms with van der Waals surface area (Å²) < 4.78 is 5.36. The molecule has 9 heteroatoms. The molecule has 8 nitrogen and oxygen atoms in total. The zero-order valence-corrected chi connectivity index (χ0v) is 17.4. The lowest BCUT2D eigenvalue weighted by atomic mass is 9.95. The smallest absolute Gasteiger partial charge is 0.410 e. The third-order valence-electron chi connectivity index (χ3n) is 4.52. The van der Waals surface area contributed by atoms with Crippen LogP contribution in [0.1, 0.15) is 39.2 Å². The largest absolute Gasteiger partial charge is 0.444 e. The number of hydrogen-bond acceptors (Lipinski definition) is 5. The van der Waals surface area contributed by atoms with E-state index in [1.54, 1.807) is 11.9 Å². The van der Waals surface area contributed by atoms with Gasteiger partial charge in [-0.05, 0) is 45.2 Å². The molecule has 0 aromatic heterocycles. The van der Waals surface area contributed by atoms with Crippen LogP contribution in [0.2, 0.25) is 5.02 Å². The lowest BCUT2D eigenvalue weighted by Gasteiger charge is -2.34. The molecule has 28 heavy (non-hydrogen) atoms. The lowest BCUT2D eigenvalue weighted by molar-refractivity contribution is -0.384. The van der Waals surface area contributed by atoms with Crippen LogP contribution in [0.15, 0.2) is 18.2 Å². The zero-order chi connectivity index (χ0) is 21.1. The van der Waals surface area contributed by atoms with Crippen LogP contribution < -0.4 is 0 Å². The topological polar surface area (TPSA) is 93.0 Å². The van der Waals surface area contributed by atoms with Crippen LogP contribution in [0.3, 0.4) is 0 Å². The van der Waals surface area contributed by atoms with Gasteiger partial charge < -0.3 is 14.5 Å². The number of nitrogens with zero attached hydrogens (tertiary/aromatic N) is 3. The van der Waals surface area contributed by atoms with Gasteiger partial charge in [0.15, 0.2) is 0 Å². The molecule has 1 aromatic carbocycles. The monoisotopic (exact) mass is 411 g/mol. The van der Waals surface area contributed by atoms with Gasteiger partial charge in [0.05, 0.1) is 4.92 Å². The summed E-state index contributed by atoms with van der Waals surface area (Å²) in [5.41, 5.74) is -0.0922. The summed E-state index contributed by atoms with van der Waals surface area (Å²) >= 11 is 6.12. The van der Waals surface area contributed by atoms with Gasteiger partial charge in [0.2, 0.25) is 5.91 Å². The molecule has 0 atom stereocenters. The number of ether oxygens (including phenoxy) is 1. The van der Waals surface area contributed by atoms with E-state index in [1.165, 1.54) is 23.1 Å². The molecule has 1 aromatic rings. The van der Waals surface area contributed by atoms with Crippen molar-refractivity contribution in [2.24, 2.45) is 5.92 Å². The maximum atomic E-state index is 12.8. The molecule has 1 aliphatic rings. The van der Waals surface area contributed by atoms with Crippen molar-refractivity contribution in [3.8, 4) is 0 Å². The minimum absolute atomic E-state index is 0.0635. The summed E-state index contributed by atoms with van der Waals surface area (Å²) in [6, 6.07) is 4.18. The number of halogens is 1. The number of hydrogen-bond donors (Lipinski definition) is 0. The van der Waals surface area contributed by atoms with Gasteiger partial charge in [-0.15, -0.1) is 0 Å². The maximum Gasteiger partial charge on any atom is 0.410 e. The quantitative estimate of drug-likeness (QED) is 0.554. The highest BCUT2D eigenvalue weighted by atomic mass is 35.5. The summed E-state index contributed by atoms with van der Waals surface area (Å²) in [4.78, 5) is 38.5. The average Bonchev–Trinajstić information content (AvgIpc) is 2.61. The predicted octanol–water partition coefficient (Wildman–Crippen LogP) is 3.85. The summed E-state index contributed by atoms with van der Waals surface area (Å²) in [6.45, 7) is 6.54. The molecule has 2 rings (SSSR count). The Morgan fingerprint density at radius 3 is 2.46 bits per heavy atom. The Bertz CT molecular complexity index is 754. The third-order valence-corrected chi connectivity index (χ3v) is 4.89. The van der Waals surface area contributed by atoms with E-state index < -0.39 is 10.5 Å². The minimum Gasteiger partial charge on any atom is -0.444 e. The van der Waals surface area contributed by atoms with Crippen LogP contribution in [0.5, 0.6) is 0 Å². The van der Waals surface area contributed by atoms with Crippen molar-refractivity contribution in [3.05, 3.63) is 38.9 Å². The van der Waals surface area contributed by atoms with E-state index in [-0.39, 0.29) is 30.2 Å². The van der Waals surface area contributed by atoms with E-state index in [2.05, 4.69) is 0 Å². The van der Waals surface area contributed by atoms with Crippen molar-refractivity contribution in [2.45, 2.75) is 45.8 Å². The number of carbonyl (C=O) groups excluding carboxylic acids is 2. The van der Waals surface area contributed by atoms with Crippen LogP contribution in [-0.2, 0) is 16.1 Å². The summed E-state index contributed by atoms with van der Waals surface area (Å²) in [5, 5.41) is 11.3. The second kappa shape index (κ2) is 8.77. The fraction of sp³-hybridized carbons (Fsp3) is 0.579. The first-order valence-electron chi connectivity index (χ1n) is 9.13. The molecule has 2 amide bonds. The highest BCUT2D eigenvalue weighted by molar-refractivity contribution is 6.31. The summed E-state index contributed by atoms with van der Waals surface area (Å²) in [6.07, 6.45) is 0.728. The minimum atomic E-state index is -0.554. The van der Waals surface area contributed by atoms with Gasteiger partial charge in [-0.1, -0.05) is 11.6 Å². The maximum absolute atomic E-state index is 12.8. The van der Waals surface area contributed by atoms with Gasteiger partial charge in [-0.3, -0.25) is 14.9 Å². The van der Waals surface area contributed by atoms with Crippen LogP contribution in [0.25, 0.3) is 0 Å². The molecule has 0 aliphatic carbocycles. The van der Waals surface area contributed by atoms with Crippen LogP contribution in [-0.4, -0.2) is 52.5 Å². The molecule has 0 N–H and O–H groups in total. The average molecular weight is 412 g/mol. The second-order valence-corrected chi connectivity index (χ2v) is 8.38. The lowest BCUT2D eigenvalue weighted by Crippen LogP contribution is -2.45. The molecule has 1 aliphatic heterocycles. The highest BCUT2D eigenvalue weighted by Gasteiger charge is 2.31. The van der Waals surface area contributed by atoms with Crippen LogP contribution in [0, 0.1) is 16.0 Å². The molecule has 0 bridgehead atoms. The number of piperidine rings is 1. The zero-order valence-electron chi connectivity index (χ0n) is 16.6. The Morgan fingerprint density at radius 1 is 1.32 bits per heavy atom. The molecule has 0 spiro atoms. The Balaban J connectivity index is 1.94. The molecule has 1 fully saturated rings. The molecule has 0 saturated carbocycles. The molecule has 1 heterocycles. The van der Waals surface area contributed by atoms with E-state index in [1.807, 2.05) is 20.8 Å². The number of benzene rings is 1. The Hall–Kier alpha value is -2.35. The van der Waals surface area contributed by atoms with E-state index in [0.29, 0.717) is 36.5 Å². The molecule has 0 unspecified atom stereocenters. The first-order chi connectivity index (χ1) is 13.0. The number of non-ortho nitro benzene ring substituents is 1. The predicted molar refractivity (Wildman–Crippen MR) is 105 cm³/mol. The Labute approximate surface area is 169 Å². The number of nitro benzene ring substituents is 1. The van der Waals surface area contributed by atoms with Gasteiger partial charge >= 0.3 is 6.09 Å². The molecule has 1 saturated heterocycles. The van der Waals surface area contributed by atoms with Gasteiger partial charge in [-0.2, -0.15) is 0 Å². The third kappa shape index (κ3) is 5.82. The van der Waals surface area contributed by atoms with Crippen LogP contribution >= 0.6 is 11.6 Å². The normalized spacial score (nSPS) is 15.2. The SMILES string of the molecule is CN(Cc1cc([N+](=O)[O-])ccc1Cl)C(=O)C1CCN(C(=O)OC(C)(C)C)CC1. The number of amides is 2. The first kappa shape index (κ1) is 21.9. The molecule has 154 valence electrons. The Kier molecular flexibility index (Phi) is 6.87. The van der Waals surface area contributed by atoms with E-state index in [9.17, 15) is 19.7 Å². The van der Waals surface area contributed by atoms with Gasteiger partial charge in [0, 0.05) is 49.8 Å². The number of likely N-dealkylation sites (tertiary alicyclic amines) is 1. The highest BCUT2D eigenvalue weighted by Crippen LogP contribution is 2.25. The van der Waals surface area contributed by atoms with Gasteiger partial charge in [0.25, 0.3) is 5.69 Å². The van der Waals surface area contributed by atoms with Crippen molar-refractivity contribution in [1.29, 1.82) is 0 Å². The fourth-order valence-corrected chi connectivity index (χ4v) is 3.25. The Morgan fingerprint density at radius 2 is 1.93 bits per heavy atom. The van der Waals surface area contributed by atoms with Gasteiger partial charge in [0.1, 0.15) is 5.60 Å². The standard InChI is InChI=1S/C19H26ClN3O5/c1-19(2,3)28-18(25)22-9-7-13(8-10-22)17(24)21(4)12-14-11-15(23(26)27)5-6-16(14)20/h5-6,11,13H,7-10,12H2,1-4H3. The van der Waals surface area contributed by atoms with Gasteiger partial charge in [-0.25, -0.2) is 4.79 Å². The molecular weight excluding hydrogens is 386 g/mol. The number of carbonyl (C=O) groups is 2. The van der Waals surface area contributed by atoms with E-state index >= 15 is 0 Å². The summed E-state index contributed by atoms with van der Waals surface area (Å²) in [7, 11) is 1.65. The number of nitro groups is 1. The van der Waals surface area contributed by atoms with E-state index in [4.69, 9.17) is 16.3 Å². The molecular formula is C19H26ClN3O5. The van der Waals surface area contributed by atoms with Crippen molar-refractivity contribution >= 4 is 29.3 Å². The van der Waals surface area contributed by atoms with Crippen LogP contribution in [0.4, 0.5) is 10.5 Å². The molecule has 0 radical (unpaired) electrons. The van der Waals surface area contributed by atoms with Crippen molar-refractivity contribution in [1.82, 2.24) is 9.80 Å². The fourth-order valence-electron chi connectivity index (χ4n) is 3.08. The van der Waals surface area contributed by atoms with Crippen molar-refractivity contribution in [3.63, 3.8) is 0 Å². The van der Waals surface area contributed by atoms with Crippen molar-refractivity contribution < 1.29 is 19.2 Å². The number of rotatable bonds is 4. The second-order valence-electron chi connectivity index (χ2n) is 7.97.